The van der Waals surface area contributed by atoms with Crippen LogP contribution < -0.4 is 31.4 Å². The molecule has 6 heteroatoms. The highest BCUT2D eigenvalue weighted by Crippen LogP contribution is 2.63. The molecule has 0 radical (unpaired) electrons. The predicted octanol–water partition coefficient (Wildman–Crippen LogP) is 9.28. The molecular weight excluding hydrogens is 534 g/mol. The lowest BCUT2D eigenvalue weighted by molar-refractivity contribution is -0.00397. The highest BCUT2D eigenvalue weighted by molar-refractivity contribution is 5.60. The Morgan fingerprint density at radius 2 is 0.884 bits per heavy atom. The second-order valence-electron chi connectivity index (χ2n) is 13.2. The Morgan fingerprint density at radius 3 is 1.28 bits per heavy atom. The second-order valence-corrected chi connectivity index (χ2v) is 13.2. The molecule has 4 aliphatic carbocycles. The zero-order chi connectivity index (χ0) is 29.8. The van der Waals surface area contributed by atoms with Gasteiger partial charge in [0.15, 0.2) is 0 Å². The number of aryl methyl sites for hydroxylation is 3. The first-order valence-corrected chi connectivity index (χ1v) is 15.5. The molecule has 8 rings (SSSR count). The van der Waals surface area contributed by atoms with Crippen molar-refractivity contribution in [2.75, 3.05) is 17.2 Å². The van der Waals surface area contributed by atoms with Crippen molar-refractivity contribution in [2.45, 2.75) is 58.8 Å². The molecule has 222 valence electrons. The van der Waals surface area contributed by atoms with Gasteiger partial charge in [0.05, 0.1) is 0 Å². The van der Waals surface area contributed by atoms with E-state index in [0.717, 1.165) is 45.6 Å². The van der Waals surface area contributed by atoms with Crippen molar-refractivity contribution in [3.05, 3.63) is 89.0 Å². The summed E-state index contributed by atoms with van der Waals surface area (Å²) in [7, 11) is 0. The van der Waals surface area contributed by atoms with Crippen LogP contribution in [-0.4, -0.2) is 0 Å². The van der Waals surface area contributed by atoms with E-state index < -0.39 is 0 Å². The second kappa shape index (κ2) is 10.7. The number of nitrogen functional groups attached to an aromatic ring is 3. The van der Waals surface area contributed by atoms with Crippen LogP contribution >= 0.6 is 0 Å². The van der Waals surface area contributed by atoms with Gasteiger partial charge in [0.1, 0.15) is 34.5 Å². The summed E-state index contributed by atoms with van der Waals surface area (Å²) in [4.78, 5) is 0. The van der Waals surface area contributed by atoms with E-state index >= 15 is 0 Å². The normalized spacial score (nSPS) is 23.7. The smallest absolute Gasteiger partial charge is 0.138 e. The minimum atomic E-state index is 0.340. The lowest BCUT2D eigenvalue weighted by Gasteiger charge is -2.54. The highest BCUT2D eigenvalue weighted by Gasteiger charge is 2.50. The first-order chi connectivity index (χ1) is 20.7. The summed E-state index contributed by atoms with van der Waals surface area (Å²) in [5.41, 5.74) is 25.1. The predicted molar refractivity (Wildman–Crippen MR) is 173 cm³/mol. The summed E-state index contributed by atoms with van der Waals surface area (Å²) >= 11 is 0. The Labute approximate surface area is 254 Å². The molecule has 6 nitrogen and oxygen atoms in total. The molecule has 4 saturated carbocycles. The van der Waals surface area contributed by atoms with E-state index in [0.29, 0.717) is 57.8 Å². The first-order valence-electron chi connectivity index (χ1n) is 15.5. The van der Waals surface area contributed by atoms with Crippen molar-refractivity contribution in [2.24, 2.45) is 23.7 Å². The van der Waals surface area contributed by atoms with E-state index in [1.165, 1.54) is 32.1 Å². The third-order valence-corrected chi connectivity index (χ3v) is 10.1. The van der Waals surface area contributed by atoms with E-state index in [-0.39, 0.29) is 0 Å². The summed E-state index contributed by atoms with van der Waals surface area (Å²) in [6.07, 6.45) is 6.47. The van der Waals surface area contributed by atoms with Crippen molar-refractivity contribution in [1.29, 1.82) is 0 Å². The van der Waals surface area contributed by atoms with Crippen LogP contribution in [-0.2, 0) is 0 Å². The quantitative estimate of drug-likeness (QED) is 0.190. The number of rotatable bonds is 7. The molecule has 4 fully saturated rings. The Hall–Kier alpha value is -4.32. The van der Waals surface area contributed by atoms with Crippen molar-refractivity contribution in [1.82, 2.24) is 0 Å². The van der Waals surface area contributed by atoms with Crippen LogP contribution in [0.15, 0.2) is 66.7 Å². The Bertz CT molecular complexity index is 1590. The molecule has 4 aliphatic rings. The van der Waals surface area contributed by atoms with E-state index in [4.69, 9.17) is 31.4 Å². The largest absolute Gasteiger partial charge is 0.457 e. The number of benzene rings is 4. The molecule has 4 aromatic rings. The summed E-state index contributed by atoms with van der Waals surface area (Å²) in [6.45, 7) is 5.98. The van der Waals surface area contributed by atoms with Crippen LogP contribution in [0.3, 0.4) is 0 Å². The standard InChI is InChI=1S/C37H41N3O3/c1-20-4-7-27(15-31(20)38)41-30-18-34(42-28-8-5-21(2)32(39)16-28)37(35(19-30)43-29-9-6-22(3)33(40)17-29)36-25-11-23-10-24(13-25)14-26(36)12-23/h4-9,15-19,23-26,36H,10-14,38-40H2,1-3H3. The molecule has 0 heterocycles. The zero-order valence-electron chi connectivity index (χ0n) is 25.2. The fourth-order valence-electron chi connectivity index (χ4n) is 7.97. The average Bonchev–Trinajstić information content (AvgIpc) is 2.95. The molecule has 4 aromatic carbocycles. The maximum atomic E-state index is 6.75. The monoisotopic (exact) mass is 575 g/mol. The van der Waals surface area contributed by atoms with Gasteiger partial charge in [-0.05, 0) is 117 Å². The number of anilines is 3. The first kappa shape index (κ1) is 27.5. The molecule has 6 N–H and O–H groups in total. The van der Waals surface area contributed by atoms with E-state index in [2.05, 4.69) is 0 Å². The summed E-state index contributed by atoms with van der Waals surface area (Å²) in [5.74, 6) is 7.38. The molecule has 0 atom stereocenters. The molecule has 0 spiro atoms. The van der Waals surface area contributed by atoms with Crippen LogP contribution in [0, 0.1) is 44.4 Å². The topological polar surface area (TPSA) is 106 Å². The van der Waals surface area contributed by atoms with Gasteiger partial charge < -0.3 is 31.4 Å². The summed E-state index contributed by atoms with van der Waals surface area (Å²) in [5, 5.41) is 0. The van der Waals surface area contributed by atoms with Gasteiger partial charge in [0, 0.05) is 53.0 Å². The molecule has 0 saturated heterocycles. The van der Waals surface area contributed by atoms with Crippen LogP contribution in [0.25, 0.3) is 0 Å². The Morgan fingerprint density at radius 1 is 0.488 bits per heavy atom. The minimum Gasteiger partial charge on any atom is -0.457 e. The highest BCUT2D eigenvalue weighted by atomic mass is 16.5. The average molecular weight is 576 g/mol. The van der Waals surface area contributed by atoms with E-state index in [9.17, 15) is 0 Å². The van der Waals surface area contributed by atoms with Crippen molar-refractivity contribution < 1.29 is 14.2 Å². The fraction of sp³-hybridized carbons (Fsp3) is 0.351. The lowest BCUT2D eigenvalue weighted by Crippen LogP contribution is -2.43. The van der Waals surface area contributed by atoms with Crippen LogP contribution in [0.2, 0.25) is 0 Å². The number of ether oxygens (including phenoxy) is 3. The third kappa shape index (κ3) is 5.35. The Kier molecular flexibility index (Phi) is 6.88. The molecule has 0 amide bonds. The number of nitrogens with two attached hydrogens (primary N) is 3. The van der Waals surface area contributed by atoms with Gasteiger partial charge in [0.25, 0.3) is 0 Å². The van der Waals surface area contributed by atoms with Crippen molar-refractivity contribution in [3.63, 3.8) is 0 Å². The van der Waals surface area contributed by atoms with Gasteiger partial charge in [-0.15, -0.1) is 0 Å². The maximum Gasteiger partial charge on any atom is 0.138 e. The Balaban J connectivity index is 1.38. The van der Waals surface area contributed by atoms with Gasteiger partial charge in [0.2, 0.25) is 0 Å². The van der Waals surface area contributed by atoms with Crippen LogP contribution in [0.1, 0.15) is 60.3 Å². The third-order valence-electron chi connectivity index (χ3n) is 10.1. The van der Waals surface area contributed by atoms with Crippen molar-refractivity contribution >= 4 is 17.1 Å². The lowest BCUT2D eigenvalue weighted by atomic mass is 9.50. The zero-order valence-corrected chi connectivity index (χ0v) is 25.2. The maximum absolute atomic E-state index is 6.75. The van der Waals surface area contributed by atoms with Gasteiger partial charge in [-0.2, -0.15) is 0 Å². The molecule has 43 heavy (non-hydrogen) atoms. The fourth-order valence-corrected chi connectivity index (χ4v) is 7.97. The van der Waals surface area contributed by atoms with Gasteiger partial charge >= 0.3 is 0 Å². The molecule has 0 aliphatic heterocycles. The molecule has 0 aromatic heterocycles. The van der Waals surface area contributed by atoms with E-state index in [1.807, 2.05) is 87.5 Å². The van der Waals surface area contributed by atoms with Crippen LogP contribution in [0.4, 0.5) is 17.1 Å². The molecule has 4 bridgehead atoms. The van der Waals surface area contributed by atoms with Gasteiger partial charge in [-0.1, -0.05) is 18.2 Å². The van der Waals surface area contributed by atoms with Crippen LogP contribution in [0.5, 0.6) is 34.5 Å². The summed E-state index contributed by atoms with van der Waals surface area (Å²) in [6, 6.07) is 21.5. The van der Waals surface area contributed by atoms with Gasteiger partial charge in [-0.25, -0.2) is 0 Å². The van der Waals surface area contributed by atoms with E-state index in [1.54, 1.807) is 0 Å². The number of hydrogen-bond acceptors (Lipinski definition) is 6. The van der Waals surface area contributed by atoms with Gasteiger partial charge in [-0.3, -0.25) is 0 Å². The van der Waals surface area contributed by atoms with Crippen molar-refractivity contribution in [3.8, 4) is 34.5 Å². The molecular formula is C37H41N3O3. The minimum absolute atomic E-state index is 0.340. The SMILES string of the molecule is Cc1ccc(Oc2cc(Oc3ccc(C)c(N)c3)c(C3C4CC5CC(C4)CC3C5)c(Oc3ccc(C)c(N)c3)c2)cc1N. The summed E-state index contributed by atoms with van der Waals surface area (Å²) < 4.78 is 19.9. The number of hydrogen-bond donors (Lipinski definition) is 3. The molecule has 0 unspecified atom stereocenters.